The van der Waals surface area contributed by atoms with Gasteiger partial charge < -0.3 is 9.64 Å². The van der Waals surface area contributed by atoms with E-state index in [2.05, 4.69) is 14.8 Å². The van der Waals surface area contributed by atoms with Crippen LogP contribution in [0.3, 0.4) is 0 Å². The molecule has 0 saturated carbocycles. The summed E-state index contributed by atoms with van der Waals surface area (Å²) >= 11 is 0. The van der Waals surface area contributed by atoms with Gasteiger partial charge in [-0.15, -0.1) is 13.2 Å². The Labute approximate surface area is 156 Å². The van der Waals surface area contributed by atoms with Crippen LogP contribution in [0.5, 0.6) is 5.75 Å². The van der Waals surface area contributed by atoms with E-state index in [1.807, 2.05) is 0 Å². The number of aryl methyl sites for hydroxylation is 1. The molecule has 28 heavy (non-hydrogen) atoms. The minimum absolute atomic E-state index is 0.155. The van der Waals surface area contributed by atoms with Gasteiger partial charge in [0.25, 0.3) is 5.56 Å². The molecule has 0 spiro atoms. The SMILES string of the molecule is CN(Cc1ccc(OC(F)(F)F)cc1)C(=O)Cn1cnc2c(cnn2C)c1=O. The molecule has 1 amide bonds. The van der Waals surface area contributed by atoms with Gasteiger partial charge in [-0.05, 0) is 17.7 Å². The predicted molar refractivity (Wildman–Crippen MR) is 92.4 cm³/mol. The summed E-state index contributed by atoms with van der Waals surface area (Å²) in [6.07, 6.45) is -2.09. The van der Waals surface area contributed by atoms with Crippen molar-refractivity contribution in [1.82, 2.24) is 24.2 Å². The Kier molecular flexibility index (Phi) is 5.08. The Morgan fingerprint density at radius 1 is 1.25 bits per heavy atom. The number of ether oxygens (including phenoxy) is 1. The number of benzene rings is 1. The molecule has 3 rings (SSSR count). The average Bonchev–Trinajstić information content (AvgIpc) is 2.99. The molecule has 0 unspecified atom stereocenters. The van der Waals surface area contributed by atoms with Crippen molar-refractivity contribution in [1.29, 1.82) is 0 Å². The van der Waals surface area contributed by atoms with Crippen molar-refractivity contribution < 1.29 is 22.7 Å². The van der Waals surface area contributed by atoms with E-state index in [1.165, 1.54) is 58.0 Å². The number of alkyl halides is 3. The maximum Gasteiger partial charge on any atom is 0.573 e. The number of carbonyl (C=O) groups excluding carboxylic acids is 1. The number of hydrogen-bond donors (Lipinski definition) is 0. The van der Waals surface area contributed by atoms with Crippen LogP contribution in [-0.4, -0.2) is 43.5 Å². The number of halogens is 3. The fourth-order valence-electron chi connectivity index (χ4n) is 2.60. The lowest BCUT2D eigenvalue weighted by molar-refractivity contribution is -0.274. The molecule has 2 aromatic heterocycles. The van der Waals surface area contributed by atoms with Crippen molar-refractivity contribution in [2.24, 2.45) is 7.05 Å². The molecule has 3 aromatic rings. The zero-order valence-corrected chi connectivity index (χ0v) is 15.0. The van der Waals surface area contributed by atoms with Crippen molar-refractivity contribution in [3.63, 3.8) is 0 Å². The summed E-state index contributed by atoms with van der Waals surface area (Å²) in [5.74, 6) is -0.699. The number of rotatable bonds is 5. The van der Waals surface area contributed by atoms with Crippen molar-refractivity contribution in [3.8, 4) is 5.75 Å². The van der Waals surface area contributed by atoms with Gasteiger partial charge in [-0.3, -0.25) is 18.8 Å². The second kappa shape index (κ2) is 7.33. The molecule has 0 aliphatic rings. The molecule has 0 atom stereocenters. The molecule has 0 saturated heterocycles. The van der Waals surface area contributed by atoms with Crippen LogP contribution in [0.15, 0.2) is 41.6 Å². The van der Waals surface area contributed by atoms with Gasteiger partial charge in [0.15, 0.2) is 5.65 Å². The van der Waals surface area contributed by atoms with Gasteiger partial charge in [0.05, 0.1) is 6.20 Å². The average molecular weight is 395 g/mol. The molecule has 0 N–H and O–H groups in total. The normalized spacial score (nSPS) is 11.6. The number of aromatic nitrogens is 4. The molecule has 0 aliphatic carbocycles. The van der Waals surface area contributed by atoms with Gasteiger partial charge in [0.2, 0.25) is 5.91 Å². The zero-order chi connectivity index (χ0) is 20.5. The number of amides is 1. The predicted octanol–water partition coefficient (Wildman–Crippen LogP) is 1.69. The van der Waals surface area contributed by atoms with E-state index in [0.29, 0.717) is 16.6 Å². The molecule has 0 radical (unpaired) electrons. The molecular formula is C17H16F3N5O3. The van der Waals surface area contributed by atoms with Crippen LogP contribution in [0.25, 0.3) is 11.0 Å². The summed E-state index contributed by atoms with van der Waals surface area (Å²) in [4.78, 5) is 30.3. The highest BCUT2D eigenvalue weighted by molar-refractivity contribution is 5.77. The maximum absolute atomic E-state index is 12.4. The lowest BCUT2D eigenvalue weighted by atomic mass is 10.2. The Morgan fingerprint density at radius 2 is 1.93 bits per heavy atom. The minimum Gasteiger partial charge on any atom is -0.406 e. The van der Waals surface area contributed by atoms with Crippen LogP contribution in [0.4, 0.5) is 13.2 Å². The van der Waals surface area contributed by atoms with Gasteiger partial charge in [-0.1, -0.05) is 12.1 Å². The first kappa shape index (κ1) is 19.4. The minimum atomic E-state index is -4.76. The van der Waals surface area contributed by atoms with Crippen LogP contribution in [0.2, 0.25) is 0 Å². The quantitative estimate of drug-likeness (QED) is 0.657. The van der Waals surface area contributed by atoms with E-state index in [9.17, 15) is 22.8 Å². The van der Waals surface area contributed by atoms with Crippen LogP contribution in [-0.2, 0) is 24.9 Å². The fourth-order valence-corrected chi connectivity index (χ4v) is 2.60. The highest BCUT2D eigenvalue weighted by Gasteiger charge is 2.31. The molecule has 0 fully saturated rings. The first-order chi connectivity index (χ1) is 13.1. The molecule has 0 aliphatic heterocycles. The highest BCUT2D eigenvalue weighted by Crippen LogP contribution is 2.23. The summed E-state index contributed by atoms with van der Waals surface area (Å²) < 4.78 is 43.0. The van der Waals surface area contributed by atoms with Gasteiger partial charge in [-0.25, -0.2) is 4.98 Å². The Hall–Kier alpha value is -3.37. The Morgan fingerprint density at radius 3 is 2.57 bits per heavy atom. The smallest absolute Gasteiger partial charge is 0.406 e. The highest BCUT2D eigenvalue weighted by atomic mass is 19.4. The second-order valence-corrected chi connectivity index (χ2v) is 6.12. The van der Waals surface area contributed by atoms with E-state index < -0.39 is 6.36 Å². The lowest BCUT2D eigenvalue weighted by Gasteiger charge is -2.18. The van der Waals surface area contributed by atoms with Crippen molar-refractivity contribution in [2.75, 3.05) is 7.05 Å². The largest absolute Gasteiger partial charge is 0.573 e. The zero-order valence-electron chi connectivity index (χ0n) is 15.0. The van der Waals surface area contributed by atoms with Crippen LogP contribution in [0.1, 0.15) is 5.56 Å². The van der Waals surface area contributed by atoms with Gasteiger partial charge >= 0.3 is 6.36 Å². The van der Waals surface area contributed by atoms with Gasteiger partial charge in [0, 0.05) is 20.6 Å². The third-order valence-electron chi connectivity index (χ3n) is 4.03. The molecule has 0 bridgehead atoms. The van der Waals surface area contributed by atoms with Crippen molar-refractivity contribution in [3.05, 3.63) is 52.7 Å². The molecular weight excluding hydrogens is 379 g/mol. The van der Waals surface area contributed by atoms with Crippen LogP contribution >= 0.6 is 0 Å². The topological polar surface area (TPSA) is 82.2 Å². The number of nitrogens with zero attached hydrogens (tertiary/aromatic N) is 5. The molecule has 148 valence electrons. The molecule has 1 aromatic carbocycles. The lowest BCUT2D eigenvalue weighted by Crippen LogP contribution is -2.33. The Bertz CT molecular complexity index is 1060. The first-order valence-corrected chi connectivity index (χ1v) is 8.10. The second-order valence-electron chi connectivity index (χ2n) is 6.12. The molecule has 8 nitrogen and oxygen atoms in total. The molecule has 2 heterocycles. The van der Waals surface area contributed by atoms with Gasteiger partial charge in [-0.2, -0.15) is 5.10 Å². The van der Waals surface area contributed by atoms with E-state index in [1.54, 1.807) is 7.05 Å². The van der Waals surface area contributed by atoms with E-state index in [-0.39, 0.29) is 30.3 Å². The monoisotopic (exact) mass is 395 g/mol. The van der Waals surface area contributed by atoms with Crippen molar-refractivity contribution >= 4 is 16.9 Å². The van der Waals surface area contributed by atoms with Crippen LogP contribution < -0.4 is 10.3 Å². The maximum atomic E-state index is 12.4. The molecule has 11 heteroatoms. The standard InChI is InChI=1S/C17H16F3N5O3/c1-23(8-11-3-5-12(6-4-11)28-17(18,19)20)14(26)9-25-10-21-15-13(16(25)27)7-22-24(15)2/h3-7,10H,8-9H2,1-2H3. The summed E-state index contributed by atoms with van der Waals surface area (Å²) in [5, 5.41) is 4.27. The Balaban J connectivity index is 1.66. The van der Waals surface area contributed by atoms with E-state index in [4.69, 9.17) is 0 Å². The number of hydrogen-bond acceptors (Lipinski definition) is 5. The number of fused-ring (bicyclic) bond motifs is 1. The first-order valence-electron chi connectivity index (χ1n) is 8.10. The summed E-state index contributed by atoms with van der Waals surface area (Å²) in [6, 6.07) is 5.21. The summed E-state index contributed by atoms with van der Waals surface area (Å²) in [7, 11) is 3.19. The third kappa shape index (κ3) is 4.30. The van der Waals surface area contributed by atoms with Crippen molar-refractivity contribution in [2.45, 2.75) is 19.5 Å². The van der Waals surface area contributed by atoms with E-state index in [0.717, 1.165) is 0 Å². The third-order valence-corrected chi connectivity index (χ3v) is 4.03. The number of carbonyl (C=O) groups is 1. The van der Waals surface area contributed by atoms with E-state index >= 15 is 0 Å². The number of likely N-dealkylation sites (N-methyl/N-ethyl adjacent to an activating group) is 1. The summed E-state index contributed by atoms with van der Waals surface area (Å²) in [5.41, 5.74) is 0.648. The van der Waals surface area contributed by atoms with Crippen LogP contribution in [0, 0.1) is 0 Å². The fraction of sp³-hybridized carbons (Fsp3) is 0.294. The van der Waals surface area contributed by atoms with Gasteiger partial charge in [0.1, 0.15) is 24.0 Å². The summed E-state index contributed by atoms with van der Waals surface area (Å²) in [6.45, 7) is -0.0646.